The molecule has 0 aromatic heterocycles. The van der Waals surface area contributed by atoms with Gasteiger partial charge in [-0.3, -0.25) is 0 Å². The standard InChI is InChI=1S/C13H21NO3/c1-11(2,3)17-10(15)14-4-9(5-14)12-6-13(16,7-12)8-12/h9,16H,4-8H2,1-3H3. The minimum absolute atomic E-state index is 0.195. The molecule has 4 aliphatic rings. The highest BCUT2D eigenvalue weighted by Gasteiger charge is 2.71. The van der Waals surface area contributed by atoms with Gasteiger partial charge in [0.25, 0.3) is 0 Å². The summed E-state index contributed by atoms with van der Waals surface area (Å²) in [7, 11) is 0. The largest absolute Gasteiger partial charge is 0.444 e. The van der Waals surface area contributed by atoms with Gasteiger partial charge in [-0.05, 0) is 45.4 Å². The van der Waals surface area contributed by atoms with Crippen molar-refractivity contribution in [2.75, 3.05) is 13.1 Å². The second-order valence-corrected chi connectivity index (χ2v) is 7.20. The molecule has 0 aromatic carbocycles. The number of amides is 1. The van der Waals surface area contributed by atoms with E-state index >= 15 is 0 Å². The lowest BCUT2D eigenvalue weighted by Gasteiger charge is -2.73. The molecule has 1 aliphatic heterocycles. The van der Waals surface area contributed by atoms with Crippen LogP contribution in [0.3, 0.4) is 0 Å². The van der Waals surface area contributed by atoms with Crippen molar-refractivity contribution in [2.45, 2.75) is 51.2 Å². The van der Waals surface area contributed by atoms with E-state index in [-0.39, 0.29) is 11.7 Å². The van der Waals surface area contributed by atoms with Crippen LogP contribution in [0.1, 0.15) is 40.0 Å². The van der Waals surface area contributed by atoms with E-state index in [2.05, 4.69) is 0 Å². The Balaban J connectivity index is 1.48. The third-order valence-electron chi connectivity index (χ3n) is 4.44. The minimum atomic E-state index is -0.409. The molecule has 0 unspecified atom stereocenters. The van der Waals surface area contributed by atoms with Gasteiger partial charge in [-0.15, -0.1) is 0 Å². The fraction of sp³-hybridized carbons (Fsp3) is 0.923. The van der Waals surface area contributed by atoms with Crippen LogP contribution < -0.4 is 0 Å². The van der Waals surface area contributed by atoms with Gasteiger partial charge in [-0.2, -0.15) is 0 Å². The van der Waals surface area contributed by atoms with E-state index in [1.807, 2.05) is 20.8 Å². The number of hydrogen-bond donors (Lipinski definition) is 1. The van der Waals surface area contributed by atoms with E-state index in [0.29, 0.717) is 11.3 Å². The summed E-state index contributed by atoms with van der Waals surface area (Å²) in [6, 6.07) is 0. The molecular formula is C13H21NO3. The SMILES string of the molecule is CC(C)(C)OC(=O)N1CC(C23CC(O)(C2)C3)C1. The third kappa shape index (κ3) is 1.65. The van der Waals surface area contributed by atoms with E-state index < -0.39 is 5.60 Å². The van der Waals surface area contributed by atoms with Crippen LogP contribution >= 0.6 is 0 Å². The van der Waals surface area contributed by atoms with Gasteiger partial charge < -0.3 is 14.7 Å². The van der Waals surface area contributed by atoms with Crippen LogP contribution in [0.4, 0.5) is 4.79 Å². The summed E-state index contributed by atoms with van der Waals surface area (Å²) >= 11 is 0. The van der Waals surface area contributed by atoms with Crippen molar-refractivity contribution in [1.29, 1.82) is 0 Å². The second kappa shape index (κ2) is 2.97. The first-order valence-electron chi connectivity index (χ1n) is 6.42. The molecule has 4 fully saturated rings. The molecule has 17 heavy (non-hydrogen) atoms. The molecule has 4 nitrogen and oxygen atoms in total. The summed E-state index contributed by atoms with van der Waals surface area (Å²) in [6.07, 6.45) is 2.66. The predicted octanol–water partition coefficient (Wildman–Crippen LogP) is 1.77. The molecule has 0 spiro atoms. The Morgan fingerprint density at radius 1 is 1.29 bits per heavy atom. The lowest BCUT2D eigenvalue weighted by Crippen LogP contribution is -2.74. The number of ether oxygens (including phenoxy) is 1. The molecule has 3 aliphatic carbocycles. The van der Waals surface area contributed by atoms with E-state index in [9.17, 15) is 9.90 Å². The van der Waals surface area contributed by atoms with Crippen LogP contribution in [-0.2, 0) is 4.74 Å². The average Bonchev–Trinajstić information content (AvgIpc) is 1.91. The monoisotopic (exact) mass is 239 g/mol. The van der Waals surface area contributed by atoms with Crippen LogP contribution in [0.15, 0.2) is 0 Å². The summed E-state index contributed by atoms with van der Waals surface area (Å²) < 4.78 is 5.32. The number of carbonyl (C=O) groups excluding carboxylic acids is 1. The van der Waals surface area contributed by atoms with E-state index in [1.165, 1.54) is 0 Å². The fourth-order valence-corrected chi connectivity index (χ4v) is 3.59. The molecule has 1 amide bonds. The topological polar surface area (TPSA) is 49.8 Å². The van der Waals surface area contributed by atoms with Crippen molar-refractivity contribution in [3.8, 4) is 0 Å². The van der Waals surface area contributed by atoms with Gasteiger partial charge >= 0.3 is 6.09 Å². The molecule has 0 aromatic rings. The van der Waals surface area contributed by atoms with Crippen molar-refractivity contribution >= 4 is 6.09 Å². The quantitative estimate of drug-likeness (QED) is 0.758. The first-order valence-corrected chi connectivity index (χ1v) is 6.42. The van der Waals surface area contributed by atoms with Gasteiger partial charge in [-0.25, -0.2) is 4.79 Å². The first kappa shape index (κ1) is 11.3. The summed E-state index contributed by atoms with van der Waals surface area (Å²) in [6.45, 7) is 7.28. The zero-order valence-electron chi connectivity index (χ0n) is 10.8. The highest BCUT2D eigenvalue weighted by molar-refractivity contribution is 5.69. The van der Waals surface area contributed by atoms with E-state index in [1.54, 1.807) is 4.90 Å². The molecule has 1 saturated heterocycles. The average molecular weight is 239 g/mol. The maximum Gasteiger partial charge on any atom is 0.410 e. The highest BCUT2D eigenvalue weighted by Crippen LogP contribution is 2.71. The van der Waals surface area contributed by atoms with Gasteiger partial charge in [0.2, 0.25) is 0 Å². The summed E-state index contributed by atoms with van der Waals surface area (Å²) in [4.78, 5) is 13.5. The van der Waals surface area contributed by atoms with Crippen molar-refractivity contribution < 1.29 is 14.6 Å². The Morgan fingerprint density at radius 2 is 1.82 bits per heavy atom. The third-order valence-corrected chi connectivity index (χ3v) is 4.44. The van der Waals surface area contributed by atoms with Gasteiger partial charge in [0.05, 0.1) is 5.60 Å². The van der Waals surface area contributed by atoms with Crippen molar-refractivity contribution in [2.24, 2.45) is 11.3 Å². The van der Waals surface area contributed by atoms with Gasteiger partial charge in [0.1, 0.15) is 5.60 Å². The van der Waals surface area contributed by atoms with Crippen molar-refractivity contribution in [1.82, 2.24) is 4.90 Å². The number of hydrogen-bond acceptors (Lipinski definition) is 3. The Hall–Kier alpha value is -0.770. The van der Waals surface area contributed by atoms with Crippen LogP contribution in [0.5, 0.6) is 0 Å². The molecule has 2 bridgehead atoms. The molecule has 3 saturated carbocycles. The normalized spacial score (nSPS) is 40.1. The zero-order valence-corrected chi connectivity index (χ0v) is 10.8. The first-order chi connectivity index (χ1) is 7.72. The van der Waals surface area contributed by atoms with Crippen LogP contribution in [0.25, 0.3) is 0 Å². The number of likely N-dealkylation sites (tertiary alicyclic amines) is 1. The highest BCUT2D eigenvalue weighted by atomic mass is 16.6. The molecule has 1 heterocycles. The summed E-state index contributed by atoms with van der Waals surface area (Å²) in [5.41, 5.74) is -0.368. The van der Waals surface area contributed by atoms with Crippen LogP contribution in [-0.4, -0.2) is 40.4 Å². The van der Waals surface area contributed by atoms with Crippen molar-refractivity contribution in [3.63, 3.8) is 0 Å². The van der Waals surface area contributed by atoms with Crippen molar-refractivity contribution in [3.05, 3.63) is 0 Å². The van der Waals surface area contributed by atoms with Gasteiger partial charge in [0, 0.05) is 19.0 Å². The maximum absolute atomic E-state index is 11.7. The predicted molar refractivity (Wildman–Crippen MR) is 62.5 cm³/mol. The molecule has 4 heteroatoms. The lowest BCUT2D eigenvalue weighted by atomic mass is 9.36. The summed E-state index contributed by atoms with van der Waals surface area (Å²) in [5.74, 6) is 0.587. The number of rotatable bonds is 1. The number of carbonyl (C=O) groups is 1. The van der Waals surface area contributed by atoms with Gasteiger partial charge in [-0.1, -0.05) is 0 Å². The molecule has 4 rings (SSSR count). The fourth-order valence-electron chi connectivity index (χ4n) is 3.59. The van der Waals surface area contributed by atoms with Crippen LogP contribution in [0, 0.1) is 11.3 Å². The Bertz CT molecular complexity index is 346. The smallest absolute Gasteiger partial charge is 0.410 e. The lowest BCUT2D eigenvalue weighted by molar-refractivity contribution is -0.296. The molecule has 0 radical (unpaired) electrons. The van der Waals surface area contributed by atoms with E-state index in [4.69, 9.17) is 4.74 Å². The van der Waals surface area contributed by atoms with Gasteiger partial charge in [0.15, 0.2) is 0 Å². The molecule has 0 atom stereocenters. The molecule has 96 valence electrons. The second-order valence-electron chi connectivity index (χ2n) is 7.20. The molecular weight excluding hydrogens is 218 g/mol. The Kier molecular flexibility index (Phi) is 1.98. The Labute approximate surface area is 102 Å². The zero-order chi connectivity index (χ0) is 12.5. The number of aliphatic hydroxyl groups is 1. The maximum atomic E-state index is 11.7. The van der Waals surface area contributed by atoms with E-state index in [0.717, 1.165) is 32.4 Å². The summed E-state index contributed by atoms with van der Waals surface area (Å²) in [5, 5.41) is 9.74. The van der Waals surface area contributed by atoms with Crippen LogP contribution in [0.2, 0.25) is 0 Å². The Morgan fingerprint density at radius 3 is 2.24 bits per heavy atom. The number of nitrogens with zero attached hydrogens (tertiary/aromatic N) is 1. The minimum Gasteiger partial charge on any atom is -0.444 e. The molecule has 1 N–H and O–H groups in total.